The Bertz CT molecular complexity index is 574. The third-order valence-corrected chi connectivity index (χ3v) is 3.52. The summed E-state index contributed by atoms with van der Waals surface area (Å²) in [5.41, 5.74) is 1.42. The van der Waals surface area contributed by atoms with E-state index < -0.39 is 15.9 Å². The molecule has 0 radical (unpaired) electrons. The van der Waals surface area contributed by atoms with Gasteiger partial charge in [0.15, 0.2) is 0 Å². The van der Waals surface area contributed by atoms with E-state index in [0.29, 0.717) is 5.56 Å². The summed E-state index contributed by atoms with van der Waals surface area (Å²) >= 11 is 0. The van der Waals surface area contributed by atoms with Gasteiger partial charge in [-0.05, 0) is 23.3 Å². The molecule has 1 rings (SSSR count). The van der Waals surface area contributed by atoms with Crippen molar-refractivity contribution in [3.05, 3.63) is 42.5 Å². The van der Waals surface area contributed by atoms with Crippen molar-refractivity contribution < 1.29 is 13.2 Å². The molecule has 1 N–H and O–H groups in total. The van der Waals surface area contributed by atoms with E-state index in [0.717, 1.165) is 12.5 Å². The SMILES string of the molecule is C=Cc1ccc(S(=O)(=O)NC(C)=O)cc1C=C.CC. The van der Waals surface area contributed by atoms with Gasteiger partial charge in [0.2, 0.25) is 5.91 Å². The van der Waals surface area contributed by atoms with Gasteiger partial charge in [-0.2, -0.15) is 0 Å². The summed E-state index contributed by atoms with van der Waals surface area (Å²) in [6.07, 6.45) is 3.13. The van der Waals surface area contributed by atoms with E-state index in [9.17, 15) is 13.2 Å². The van der Waals surface area contributed by atoms with Gasteiger partial charge in [0.25, 0.3) is 10.0 Å². The number of sulfonamides is 1. The highest BCUT2D eigenvalue weighted by Gasteiger charge is 2.15. The molecule has 0 aliphatic carbocycles. The largest absolute Gasteiger partial charge is 0.274 e. The first-order valence-electron chi connectivity index (χ1n) is 5.83. The standard InChI is InChI=1S/C12H13NO3S.C2H6/c1-4-10-6-7-12(8-11(10)5-2)17(15,16)13-9(3)14;1-2/h4-8H,1-2H2,3H3,(H,13,14);1-2H3. The summed E-state index contributed by atoms with van der Waals surface area (Å²) in [4.78, 5) is 10.8. The zero-order valence-corrected chi connectivity index (χ0v) is 12.3. The van der Waals surface area contributed by atoms with Crippen LogP contribution in [0.25, 0.3) is 12.2 Å². The summed E-state index contributed by atoms with van der Waals surface area (Å²) in [7, 11) is -3.80. The van der Waals surface area contributed by atoms with Crippen LogP contribution in [0.3, 0.4) is 0 Å². The first kappa shape index (κ1) is 17.1. The van der Waals surface area contributed by atoms with Crippen LogP contribution >= 0.6 is 0 Å². The van der Waals surface area contributed by atoms with Crippen LogP contribution in [0.15, 0.2) is 36.3 Å². The molecule has 104 valence electrons. The van der Waals surface area contributed by atoms with Gasteiger partial charge in [0.1, 0.15) is 0 Å². The Kier molecular flexibility index (Phi) is 6.79. The zero-order chi connectivity index (χ0) is 15.1. The van der Waals surface area contributed by atoms with Crippen molar-refractivity contribution in [3.63, 3.8) is 0 Å². The van der Waals surface area contributed by atoms with E-state index in [1.165, 1.54) is 18.2 Å². The molecule has 5 heteroatoms. The van der Waals surface area contributed by atoms with Gasteiger partial charge >= 0.3 is 0 Å². The monoisotopic (exact) mass is 281 g/mol. The predicted molar refractivity (Wildman–Crippen MR) is 79.0 cm³/mol. The average Bonchev–Trinajstić information content (AvgIpc) is 2.38. The summed E-state index contributed by atoms with van der Waals surface area (Å²) in [5.74, 6) is -0.627. The Morgan fingerprint density at radius 2 is 1.68 bits per heavy atom. The van der Waals surface area contributed by atoms with Gasteiger partial charge in [0.05, 0.1) is 4.90 Å². The van der Waals surface area contributed by atoms with E-state index in [4.69, 9.17) is 0 Å². The van der Waals surface area contributed by atoms with Crippen molar-refractivity contribution in [2.24, 2.45) is 0 Å². The number of carbonyl (C=O) groups excluding carboxylic acids is 1. The Balaban J connectivity index is 0.00000154. The highest BCUT2D eigenvalue weighted by atomic mass is 32.2. The third-order valence-electron chi connectivity index (χ3n) is 2.09. The molecule has 4 nitrogen and oxygen atoms in total. The second-order valence-corrected chi connectivity index (χ2v) is 5.04. The van der Waals surface area contributed by atoms with Crippen LogP contribution in [-0.4, -0.2) is 14.3 Å². The van der Waals surface area contributed by atoms with Crippen molar-refractivity contribution in [2.75, 3.05) is 0 Å². The molecular weight excluding hydrogens is 262 g/mol. The molecule has 0 heterocycles. The molecule has 0 spiro atoms. The molecule has 0 aliphatic heterocycles. The fourth-order valence-corrected chi connectivity index (χ4v) is 2.36. The minimum atomic E-state index is -3.80. The van der Waals surface area contributed by atoms with Crippen molar-refractivity contribution in [3.8, 4) is 0 Å². The van der Waals surface area contributed by atoms with Crippen LogP contribution in [-0.2, 0) is 14.8 Å². The maximum absolute atomic E-state index is 11.7. The number of amides is 1. The van der Waals surface area contributed by atoms with E-state index in [-0.39, 0.29) is 4.90 Å². The fraction of sp³-hybridized carbons (Fsp3) is 0.214. The third kappa shape index (κ3) is 4.71. The number of hydrogen-bond donors (Lipinski definition) is 1. The molecule has 0 fully saturated rings. The molecule has 1 aromatic rings. The molecule has 0 aliphatic rings. The highest BCUT2D eigenvalue weighted by Crippen LogP contribution is 2.18. The van der Waals surface area contributed by atoms with E-state index in [1.54, 1.807) is 12.1 Å². The molecule has 0 unspecified atom stereocenters. The Hall–Kier alpha value is -1.88. The number of rotatable bonds is 4. The van der Waals surface area contributed by atoms with Crippen molar-refractivity contribution in [1.29, 1.82) is 0 Å². The predicted octanol–water partition coefficient (Wildman–Crippen LogP) is 2.82. The molecule has 0 aromatic heterocycles. The summed E-state index contributed by atoms with van der Waals surface area (Å²) in [6, 6.07) is 4.46. The van der Waals surface area contributed by atoms with Crippen LogP contribution in [0.5, 0.6) is 0 Å². The maximum Gasteiger partial charge on any atom is 0.264 e. The van der Waals surface area contributed by atoms with Gasteiger partial charge in [-0.3, -0.25) is 4.79 Å². The number of nitrogens with one attached hydrogen (secondary N) is 1. The normalized spacial score (nSPS) is 9.84. The Labute approximate surface area is 114 Å². The maximum atomic E-state index is 11.7. The van der Waals surface area contributed by atoms with Crippen LogP contribution in [0, 0.1) is 0 Å². The lowest BCUT2D eigenvalue weighted by atomic mass is 10.1. The molecule has 0 saturated heterocycles. The van der Waals surface area contributed by atoms with E-state index in [2.05, 4.69) is 13.2 Å². The van der Waals surface area contributed by atoms with Crippen LogP contribution in [0.4, 0.5) is 0 Å². The molecule has 0 bridgehead atoms. The quantitative estimate of drug-likeness (QED) is 0.923. The number of hydrogen-bond acceptors (Lipinski definition) is 3. The lowest BCUT2D eigenvalue weighted by Crippen LogP contribution is -2.28. The first-order chi connectivity index (χ1) is 8.90. The van der Waals surface area contributed by atoms with Crippen molar-refractivity contribution in [2.45, 2.75) is 25.7 Å². The highest BCUT2D eigenvalue weighted by molar-refractivity contribution is 7.90. The molecule has 1 amide bonds. The minimum Gasteiger partial charge on any atom is -0.274 e. The summed E-state index contributed by atoms with van der Waals surface area (Å²) in [5, 5.41) is 0. The lowest BCUT2D eigenvalue weighted by Gasteiger charge is -2.07. The second kappa shape index (κ2) is 7.53. The van der Waals surface area contributed by atoms with Crippen molar-refractivity contribution in [1.82, 2.24) is 4.72 Å². The topological polar surface area (TPSA) is 63.2 Å². The van der Waals surface area contributed by atoms with Gasteiger partial charge in [-0.25, -0.2) is 13.1 Å². The van der Waals surface area contributed by atoms with Gasteiger partial charge in [-0.15, -0.1) is 0 Å². The van der Waals surface area contributed by atoms with Gasteiger partial charge in [-0.1, -0.05) is 45.2 Å². The second-order valence-electron chi connectivity index (χ2n) is 3.36. The van der Waals surface area contributed by atoms with E-state index in [1.807, 2.05) is 18.6 Å². The zero-order valence-electron chi connectivity index (χ0n) is 11.4. The first-order valence-corrected chi connectivity index (χ1v) is 7.31. The molecule has 0 atom stereocenters. The van der Waals surface area contributed by atoms with Crippen LogP contribution < -0.4 is 4.72 Å². The molecule has 1 aromatic carbocycles. The fourth-order valence-electron chi connectivity index (χ4n) is 1.33. The van der Waals surface area contributed by atoms with Gasteiger partial charge in [0, 0.05) is 6.92 Å². The summed E-state index contributed by atoms with van der Waals surface area (Å²) < 4.78 is 25.3. The molecule has 0 saturated carbocycles. The smallest absolute Gasteiger partial charge is 0.264 e. The van der Waals surface area contributed by atoms with E-state index >= 15 is 0 Å². The molecular formula is C14H19NO3S. The van der Waals surface area contributed by atoms with Crippen LogP contribution in [0.2, 0.25) is 0 Å². The number of benzene rings is 1. The lowest BCUT2D eigenvalue weighted by molar-refractivity contribution is -0.117. The summed E-state index contributed by atoms with van der Waals surface area (Å²) in [6.45, 7) is 12.3. The Morgan fingerprint density at radius 3 is 2.11 bits per heavy atom. The van der Waals surface area contributed by atoms with Crippen LogP contribution in [0.1, 0.15) is 31.9 Å². The molecule has 19 heavy (non-hydrogen) atoms. The average molecular weight is 281 g/mol. The number of carbonyl (C=O) groups is 1. The Morgan fingerprint density at radius 1 is 1.16 bits per heavy atom. The van der Waals surface area contributed by atoms with Gasteiger partial charge < -0.3 is 0 Å². The minimum absolute atomic E-state index is 0.0215. The van der Waals surface area contributed by atoms with Crippen molar-refractivity contribution >= 4 is 28.1 Å².